The fourth-order valence-electron chi connectivity index (χ4n) is 1.89. The van der Waals surface area contributed by atoms with Crippen molar-refractivity contribution in [1.29, 1.82) is 0 Å². The summed E-state index contributed by atoms with van der Waals surface area (Å²) in [5.74, 6) is -0.0244. The van der Waals surface area contributed by atoms with E-state index in [1.165, 1.54) is 12.3 Å². The summed E-state index contributed by atoms with van der Waals surface area (Å²) < 4.78 is 37.7. The lowest BCUT2D eigenvalue weighted by atomic mass is 9.72. The van der Waals surface area contributed by atoms with Gasteiger partial charge in [-0.05, 0) is 35.8 Å². The lowest BCUT2D eigenvalue weighted by Gasteiger charge is -2.08. The van der Waals surface area contributed by atoms with Crippen molar-refractivity contribution in [3.63, 3.8) is 0 Å². The average molecular weight is 359 g/mol. The number of rotatable bonds is 3. The van der Waals surface area contributed by atoms with Crippen LogP contribution in [-0.2, 0) is 6.18 Å². The van der Waals surface area contributed by atoms with Gasteiger partial charge < -0.3 is 5.11 Å². The smallest absolute Gasteiger partial charge is 0.416 e. The molecular weight excluding hydrogens is 349 g/mol. The van der Waals surface area contributed by atoms with Crippen molar-refractivity contribution < 1.29 is 18.3 Å². The molecular formula is C15H10BCl2F3NO. The van der Waals surface area contributed by atoms with E-state index < -0.39 is 11.7 Å². The molecule has 0 fully saturated rings. The summed E-state index contributed by atoms with van der Waals surface area (Å²) in [7, 11) is 1.67. The molecule has 1 radical (unpaired) electrons. The Morgan fingerprint density at radius 2 is 1.87 bits per heavy atom. The minimum atomic E-state index is -4.47. The van der Waals surface area contributed by atoms with Crippen LogP contribution in [0.15, 0.2) is 35.3 Å². The molecule has 1 N–H and O–H groups in total. The standard InChI is InChI=1S/C15H10BCl2F3NO/c1-16-11-6-10(17)4-8(14(11)23)7-22-13-3-2-9(5-12(13)18)15(19,20)21/h2-7,23H,1H3. The van der Waals surface area contributed by atoms with Gasteiger partial charge in [-0.25, -0.2) is 0 Å². The van der Waals surface area contributed by atoms with Crippen LogP contribution in [0.5, 0.6) is 5.75 Å². The zero-order valence-corrected chi connectivity index (χ0v) is 13.3. The largest absolute Gasteiger partial charge is 0.508 e. The molecule has 0 heterocycles. The Bertz CT molecular complexity index is 763. The summed E-state index contributed by atoms with van der Waals surface area (Å²) in [5.41, 5.74) is 0.162. The molecule has 0 aromatic heterocycles. The number of hydrogen-bond acceptors (Lipinski definition) is 2. The van der Waals surface area contributed by atoms with Crippen LogP contribution < -0.4 is 5.46 Å². The predicted octanol–water partition coefficient (Wildman–Crippen LogP) is 4.85. The topological polar surface area (TPSA) is 32.6 Å². The second-order valence-corrected chi connectivity index (χ2v) is 5.49. The van der Waals surface area contributed by atoms with Gasteiger partial charge in [0.2, 0.25) is 0 Å². The van der Waals surface area contributed by atoms with E-state index in [1.807, 2.05) is 0 Å². The van der Waals surface area contributed by atoms with E-state index in [0.717, 1.165) is 18.2 Å². The number of halogens is 5. The summed E-state index contributed by atoms with van der Waals surface area (Å²) in [6.07, 6.45) is -3.17. The number of phenolic OH excluding ortho intramolecular Hbond substituents is 1. The Balaban J connectivity index is 2.36. The molecule has 0 bridgehead atoms. The van der Waals surface area contributed by atoms with E-state index in [9.17, 15) is 18.3 Å². The van der Waals surface area contributed by atoms with Crippen LogP contribution in [0.25, 0.3) is 0 Å². The van der Waals surface area contributed by atoms with Gasteiger partial charge in [-0.1, -0.05) is 30.0 Å². The van der Waals surface area contributed by atoms with Gasteiger partial charge in [0, 0.05) is 16.8 Å². The van der Waals surface area contributed by atoms with E-state index >= 15 is 0 Å². The van der Waals surface area contributed by atoms with Crippen molar-refractivity contribution in [2.24, 2.45) is 4.99 Å². The fourth-order valence-corrected chi connectivity index (χ4v) is 2.35. The summed E-state index contributed by atoms with van der Waals surface area (Å²) in [5, 5.41) is 10.3. The predicted molar refractivity (Wildman–Crippen MR) is 88.1 cm³/mol. The minimum Gasteiger partial charge on any atom is -0.508 e. The maximum absolute atomic E-state index is 12.6. The Kier molecular flexibility index (Phi) is 5.27. The highest BCUT2D eigenvalue weighted by Gasteiger charge is 2.30. The second-order valence-electron chi connectivity index (χ2n) is 4.64. The third kappa shape index (κ3) is 4.21. The third-order valence-corrected chi connectivity index (χ3v) is 3.58. The highest BCUT2D eigenvalue weighted by molar-refractivity contribution is 6.54. The monoisotopic (exact) mass is 358 g/mol. The molecule has 23 heavy (non-hydrogen) atoms. The van der Waals surface area contributed by atoms with Gasteiger partial charge in [0.15, 0.2) is 7.28 Å². The average Bonchev–Trinajstić information content (AvgIpc) is 2.47. The van der Waals surface area contributed by atoms with Crippen molar-refractivity contribution in [2.75, 3.05) is 0 Å². The summed E-state index contributed by atoms with van der Waals surface area (Å²) >= 11 is 11.8. The first-order valence-electron chi connectivity index (χ1n) is 6.45. The van der Waals surface area contributed by atoms with Crippen LogP contribution in [0.3, 0.4) is 0 Å². The molecule has 0 aliphatic heterocycles. The quantitative estimate of drug-likeness (QED) is 0.617. The van der Waals surface area contributed by atoms with Gasteiger partial charge in [0.1, 0.15) is 5.75 Å². The normalized spacial score (nSPS) is 11.9. The van der Waals surface area contributed by atoms with Crippen molar-refractivity contribution >= 4 is 47.8 Å². The molecule has 0 saturated heterocycles. The Morgan fingerprint density at radius 1 is 1.17 bits per heavy atom. The van der Waals surface area contributed by atoms with Gasteiger partial charge in [-0.15, -0.1) is 0 Å². The molecule has 0 unspecified atom stereocenters. The van der Waals surface area contributed by atoms with Gasteiger partial charge >= 0.3 is 6.18 Å². The Labute approximate surface area is 141 Å². The molecule has 0 saturated carbocycles. The number of benzene rings is 2. The lowest BCUT2D eigenvalue weighted by molar-refractivity contribution is -0.137. The molecule has 0 spiro atoms. The summed E-state index contributed by atoms with van der Waals surface area (Å²) in [6, 6.07) is 5.93. The molecule has 0 aliphatic rings. The van der Waals surface area contributed by atoms with E-state index in [2.05, 4.69) is 4.99 Å². The molecule has 0 amide bonds. The van der Waals surface area contributed by atoms with Gasteiger partial charge in [0.25, 0.3) is 0 Å². The second kappa shape index (κ2) is 6.85. The summed E-state index contributed by atoms with van der Waals surface area (Å²) in [6.45, 7) is 1.74. The zero-order chi connectivity index (χ0) is 17.2. The fraction of sp³-hybridized carbons (Fsp3) is 0.133. The van der Waals surface area contributed by atoms with Crippen LogP contribution in [0.2, 0.25) is 16.9 Å². The number of hydrogen-bond donors (Lipinski definition) is 1. The molecule has 119 valence electrons. The van der Waals surface area contributed by atoms with Crippen molar-refractivity contribution in [2.45, 2.75) is 13.0 Å². The number of phenols is 1. The van der Waals surface area contributed by atoms with Crippen LogP contribution in [0.1, 0.15) is 11.1 Å². The van der Waals surface area contributed by atoms with Crippen LogP contribution in [0, 0.1) is 0 Å². The van der Waals surface area contributed by atoms with E-state index in [4.69, 9.17) is 23.2 Å². The highest BCUT2D eigenvalue weighted by atomic mass is 35.5. The van der Waals surface area contributed by atoms with Gasteiger partial charge in [-0.2, -0.15) is 13.2 Å². The molecule has 2 nitrogen and oxygen atoms in total. The molecule has 2 aromatic rings. The Morgan fingerprint density at radius 3 is 2.43 bits per heavy atom. The molecule has 8 heteroatoms. The Hall–Kier alpha value is -1.66. The molecule has 0 atom stereocenters. The zero-order valence-electron chi connectivity index (χ0n) is 11.8. The number of aliphatic imine (C=N–C) groups is 1. The maximum Gasteiger partial charge on any atom is 0.416 e. The van der Waals surface area contributed by atoms with Crippen LogP contribution >= 0.6 is 23.2 Å². The first-order valence-corrected chi connectivity index (χ1v) is 7.20. The van der Waals surface area contributed by atoms with Crippen LogP contribution in [-0.4, -0.2) is 18.6 Å². The first-order chi connectivity index (χ1) is 10.7. The van der Waals surface area contributed by atoms with E-state index in [0.29, 0.717) is 16.0 Å². The lowest BCUT2D eigenvalue weighted by Crippen LogP contribution is -2.12. The van der Waals surface area contributed by atoms with E-state index in [1.54, 1.807) is 20.2 Å². The number of alkyl halides is 3. The molecule has 2 aromatic carbocycles. The van der Waals surface area contributed by atoms with E-state index in [-0.39, 0.29) is 16.5 Å². The summed E-state index contributed by atoms with van der Waals surface area (Å²) in [4.78, 5) is 4.02. The van der Waals surface area contributed by atoms with Crippen molar-refractivity contribution in [3.8, 4) is 5.75 Å². The van der Waals surface area contributed by atoms with Gasteiger partial charge in [-0.3, -0.25) is 4.99 Å². The number of aromatic hydroxyl groups is 1. The van der Waals surface area contributed by atoms with Crippen LogP contribution in [0.4, 0.5) is 18.9 Å². The molecule has 0 aliphatic carbocycles. The number of nitrogens with zero attached hydrogens (tertiary/aromatic N) is 1. The highest BCUT2D eigenvalue weighted by Crippen LogP contribution is 2.34. The van der Waals surface area contributed by atoms with Gasteiger partial charge in [0.05, 0.1) is 16.3 Å². The minimum absolute atomic E-state index is 0.0244. The first kappa shape index (κ1) is 17.7. The van der Waals surface area contributed by atoms with Crippen molar-refractivity contribution in [1.82, 2.24) is 0 Å². The molecule has 2 rings (SSSR count). The SMILES string of the molecule is C[B]c1cc(Cl)cc(C=Nc2ccc(C(F)(F)F)cc2Cl)c1O. The van der Waals surface area contributed by atoms with Crippen molar-refractivity contribution in [3.05, 3.63) is 51.5 Å². The third-order valence-electron chi connectivity index (χ3n) is 3.06. The maximum atomic E-state index is 12.6.